The van der Waals surface area contributed by atoms with Crippen molar-refractivity contribution >= 4 is 27.2 Å². The van der Waals surface area contributed by atoms with Crippen molar-refractivity contribution in [2.45, 2.75) is 37.2 Å². The van der Waals surface area contributed by atoms with Crippen LogP contribution in [0.4, 0.5) is 5.82 Å². The van der Waals surface area contributed by atoms with E-state index in [-0.39, 0.29) is 16.4 Å². The Kier molecular flexibility index (Phi) is 5.34. The molecule has 142 valence electrons. The predicted molar refractivity (Wildman–Crippen MR) is 102 cm³/mol. The summed E-state index contributed by atoms with van der Waals surface area (Å²) in [6, 6.07) is 3.30. The number of rotatable bonds is 4. The second-order valence-electron chi connectivity index (χ2n) is 7.19. The number of nitrogens with zero attached hydrogens (tertiary/aromatic N) is 3. The lowest BCUT2D eigenvalue weighted by Gasteiger charge is -2.32. The van der Waals surface area contributed by atoms with Gasteiger partial charge in [0.1, 0.15) is 21.8 Å². The molecule has 26 heavy (non-hydrogen) atoms. The largest absolute Gasteiger partial charge is 0.367 e. The molecule has 3 heterocycles. The van der Waals surface area contributed by atoms with Crippen LogP contribution in [0.15, 0.2) is 28.6 Å². The molecule has 0 spiro atoms. The molecule has 1 saturated heterocycles. The number of pyridine rings is 1. The number of hydrogen-bond donors (Lipinski definition) is 1. The maximum atomic E-state index is 11.8. The minimum atomic E-state index is -3.47. The Labute approximate surface area is 158 Å². The molecule has 0 saturated carbocycles. The summed E-state index contributed by atoms with van der Waals surface area (Å²) in [5.41, 5.74) is 1.08. The SMILES string of the molecule is CNS(=O)(=O)c1ccc(N2CCOC(c3nc(C(C)(C)C)cs3)C2)nc1. The van der Waals surface area contributed by atoms with Crippen molar-refractivity contribution < 1.29 is 13.2 Å². The number of anilines is 1. The summed E-state index contributed by atoms with van der Waals surface area (Å²) in [5, 5.41) is 3.06. The molecule has 1 aliphatic heterocycles. The monoisotopic (exact) mass is 396 g/mol. The highest BCUT2D eigenvalue weighted by atomic mass is 32.2. The number of aromatic nitrogens is 2. The number of hydrogen-bond acceptors (Lipinski definition) is 7. The molecule has 3 rings (SSSR count). The molecule has 0 aliphatic carbocycles. The molecule has 1 atom stereocenters. The first-order valence-corrected chi connectivity index (χ1v) is 10.8. The second kappa shape index (κ2) is 7.22. The second-order valence-corrected chi connectivity index (χ2v) is 9.96. The van der Waals surface area contributed by atoms with E-state index in [0.29, 0.717) is 19.7 Å². The summed E-state index contributed by atoms with van der Waals surface area (Å²) >= 11 is 1.62. The van der Waals surface area contributed by atoms with Crippen LogP contribution >= 0.6 is 11.3 Å². The van der Waals surface area contributed by atoms with Gasteiger partial charge in [0.15, 0.2) is 0 Å². The minimum Gasteiger partial charge on any atom is -0.367 e. The number of nitrogens with one attached hydrogen (secondary N) is 1. The van der Waals surface area contributed by atoms with Gasteiger partial charge in [0.2, 0.25) is 10.0 Å². The van der Waals surface area contributed by atoms with E-state index in [1.165, 1.54) is 13.2 Å². The van der Waals surface area contributed by atoms with Gasteiger partial charge in [-0.25, -0.2) is 23.1 Å². The van der Waals surface area contributed by atoms with Crippen LogP contribution in [0.3, 0.4) is 0 Å². The molecule has 9 heteroatoms. The zero-order chi connectivity index (χ0) is 18.9. The molecule has 1 fully saturated rings. The van der Waals surface area contributed by atoms with Crippen LogP contribution in [0, 0.1) is 0 Å². The molecule has 0 radical (unpaired) electrons. The van der Waals surface area contributed by atoms with E-state index in [1.54, 1.807) is 23.5 Å². The van der Waals surface area contributed by atoms with E-state index >= 15 is 0 Å². The van der Waals surface area contributed by atoms with Gasteiger partial charge in [-0.2, -0.15) is 0 Å². The van der Waals surface area contributed by atoms with Gasteiger partial charge in [0.05, 0.1) is 18.8 Å². The van der Waals surface area contributed by atoms with Crippen molar-refractivity contribution in [3.05, 3.63) is 34.4 Å². The number of thiazole rings is 1. The minimum absolute atomic E-state index is 0.0132. The number of sulfonamides is 1. The van der Waals surface area contributed by atoms with Gasteiger partial charge in [0.25, 0.3) is 0 Å². The maximum Gasteiger partial charge on any atom is 0.241 e. The van der Waals surface area contributed by atoms with Gasteiger partial charge >= 0.3 is 0 Å². The molecular weight excluding hydrogens is 372 g/mol. The first-order valence-electron chi connectivity index (χ1n) is 8.43. The van der Waals surface area contributed by atoms with Crippen molar-refractivity contribution in [2.24, 2.45) is 0 Å². The molecule has 1 unspecified atom stereocenters. The quantitative estimate of drug-likeness (QED) is 0.854. The molecule has 7 nitrogen and oxygen atoms in total. The predicted octanol–water partition coefficient (Wildman–Crippen LogP) is 2.32. The molecule has 0 amide bonds. The molecular formula is C17H24N4O3S2. The molecule has 0 aromatic carbocycles. The molecule has 2 aromatic rings. The van der Waals surface area contributed by atoms with Gasteiger partial charge in [-0.15, -0.1) is 11.3 Å². The highest BCUT2D eigenvalue weighted by molar-refractivity contribution is 7.89. The van der Waals surface area contributed by atoms with E-state index < -0.39 is 10.0 Å². The Balaban J connectivity index is 1.75. The molecule has 2 aromatic heterocycles. The summed E-state index contributed by atoms with van der Waals surface area (Å²) in [7, 11) is -2.09. The Morgan fingerprint density at radius 3 is 2.69 bits per heavy atom. The Morgan fingerprint density at radius 2 is 2.12 bits per heavy atom. The lowest BCUT2D eigenvalue weighted by Crippen LogP contribution is -2.38. The standard InChI is InChI=1S/C17H24N4O3S2/c1-17(2,3)14-11-25-16(20-14)13-10-21(7-8-24-13)15-6-5-12(9-19-15)26(22,23)18-4/h5-6,9,11,13,18H,7-8,10H2,1-4H3. The van der Waals surface area contributed by atoms with Crippen LogP contribution in [0.5, 0.6) is 0 Å². The number of ether oxygens (including phenoxy) is 1. The first kappa shape index (κ1) is 19.2. The van der Waals surface area contributed by atoms with E-state index in [2.05, 4.69) is 40.8 Å². The lowest BCUT2D eigenvalue weighted by atomic mass is 9.93. The highest BCUT2D eigenvalue weighted by Gasteiger charge is 2.27. The highest BCUT2D eigenvalue weighted by Crippen LogP contribution is 2.31. The van der Waals surface area contributed by atoms with Gasteiger partial charge in [0, 0.05) is 23.5 Å². The van der Waals surface area contributed by atoms with Gasteiger partial charge in [-0.1, -0.05) is 20.8 Å². The molecule has 1 aliphatic rings. The molecule has 0 bridgehead atoms. The maximum absolute atomic E-state index is 11.8. The lowest BCUT2D eigenvalue weighted by molar-refractivity contribution is 0.0392. The Hall–Kier alpha value is -1.55. The van der Waals surface area contributed by atoms with Gasteiger partial charge < -0.3 is 9.64 Å². The van der Waals surface area contributed by atoms with E-state index in [9.17, 15) is 8.42 Å². The fraction of sp³-hybridized carbons (Fsp3) is 0.529. The fourth-order valence-electron chi connectivity index (χ4n) is 2.62. The smallest absolute Gasteiger partial charge is 0.241 e. The fourth-order valence-corrected chi connectivity index (χ4v) is 4.38. The normalized spacial score (nSPS) is 18.9. The third-order valence-electron chi connectivity index (χ3n) is 4.26. The summed E-state index contributed by atoms with van der Waals surface area (Å²) in [6.07, 6.45) is 1.28. The van der Waals surface area contributed by atoms with Gasteiger partial charge in [-0.3, -0.25) is 0 Å². The first-order chi connectivity index (χ1) is 12.2. The van der Waals surface area contributed by atoms with Crippen molar-refractivity contribution in [1.29, 1.82) is 0 Å². The van der Waals surface area contributed by atoms with Crippen LogP contribution in [-0.4, -0.2) is 45.1 Å². The molecule has 1 N–H and O–H groups in total. The van der Waals surface area contributed by atoms with Crippen molar-refractivity contribution in [2.75, 3.05) is 31.6 Å². The number of morpholine rings is 1. The topological polar surface area (TPSA) is 84.4 Å². The van der Waals surface area contributed by atoms with Crippen molar-refractivity contribution in [1.82, 2.24) is 14.7 Å². The zero-order valence-corrected chi connectivity index (χ0v) is 17.0. The van der Waals surface area contributed by atoms with Crippen LogP contribution in [-0.2, 0) is 20.2 Å². The third-order valence-corrected chi connectivity index (χ3v) is 6.59. The van der Waals surface area contributed by atoms with Gasteiger partial charge in [-0.05, 0) is 19.2 Å². The van der Waals surface area contributed by atoms with Crippen LogP contribution < -0.4 is 9.62 Å². The van der Waals surface area contributed by atoms with E-state index in [4.69, 9.17) is 9.72 Å². The van der Waals surface area contributed by atoms with Crippen LogP contribution in [0.1, 0.15) is 37.6 Å². The summed E-state index contributed by atoms with van der Waals surface area (Å²) in [5.74, 6) is 0.737. The third kappa shape index (κ3) is 4.06. The summed E-state index contributed by atoms with van der Waals surface area (Å²) < 4.78 is 31.8. The van der Waals surface area contributed by atoms with Crippen LogP contribution in [0.25, 0.3) is 0 Å². The Bertz CT molecular complexity index is 857. The van der Waals surface area contributed by atoms with E-state index in [1.807, 2.05) is 0 Å². The van der Waals surface area contributed by atoms with E-state index in [0.717, 1.165) is 16.5 Å². The Morgan fingerprint density at radius 1 is 1.35 bits per heavy atom. The summed E-state index contributed by atoms with van der Waals surface area (Å²) in [6.45, 7) is 8.36. The van der Waals surface area contributed by atoms with Crippen molar-refractivity contribution in [3.8, 4) is 0 Å². The average molecular weight is 397 g/mol. The zero-order valence-electron chi connectivity index (χ0n) is 15.4. The van der Waals surface area contributed by atoms with Crippen molar-refractivity contribution in [3.63, 3.8) is 0 Å². The average Bonchev–Trinajstić information content (AvgIpc) is 3.13. The van der Waals surface area contributed by atoms with Crippen LogP contribution in [0.2, 0.25) is 0 Å². The summed E-state index contributed by atoms with van der Waals surface area (Å²) in [4.78, 5) is 11.3.